The number of halogens is 2. The molecule has 0 spiro atoms. The number of carbonyl (C=O) groups is 1. The van der Waals surface area contributed by atoms with Gasteiger partial charge in [0, 0.05) is 18.0 Å². The van der Waals surface area contributed by atoms with E-state index in [2.05, 4.69) is 10.3 Å². The molecule has 0 aliphatic heterocycles. The Balaban J connectivity index is 2.15. The molecule has 1 aromatic heterocycles. The van der Waals surface area contributed by atoms with E-state index in [4.69, 9.17) is 22.1 Å². The van der Waals surface area contributed by atoms with Crippen molar-refractivity contribution in [3.05, 3.63) is 46.9 Å². The number of anilines is 2. The maximum absolute atomic E-state index is 13.7. The van der Waals surface area contributed by atoms with Gasteiger partial charge in [0.2, 0.25) is 0 Å². The van der Waals surface area contributed by atoms with Crippen molar-refractivity contribution in [2.75, 3.05) is 17.7 Å². The van der Waals surface area contributed by atoms with Crippen LogP contribution in [0.4, 0.5) is 15.9 Å². The number of hydrogen-bond donors (Lipinski definition) is 2. The van der Waals surface area contributed by atoms with Crippen molar-refractivity contribution in [3.8, 4) is 5.75 Å². The van der Waals surface area contributed by atoms with E-state index in [-0.39, 0.29) is 22.2 Å². The lowest BCUT2D eigenvalue weighted by Crippen LogP contribution is -2.13. The number of nitrogens with zero attached hydrogens (tertiary/aromatic N) is 1. The van der Waals surface area contributed by atoms with Crippen molar-refractivity contribution in [2.45, 2.75) is 6.92 Å². The summed E-state index contributed by atoms with van der Waals surface area (Å²) in [6, 6.07) is 5.56. The molecule has 0 fully saturated rings. The number of amides is 1. The molecule has 0 bridgehead atoms. The number of ether oxygens (including phenoxy) is 1. The van der Waals surface area contributed by atoms with Crippen LogP contribution in [0.1, 0.15) is 17.3 Å². The number of hydrogen-bond acceptors (Lipinski definition) is 4. The molecule has 2 aromatic rings. The molecular weight excluding hydrogens is 297 g/mol. The van der Waals surface area contributed by atoms with Crippen LogP contribution >= 0.6 is 11.6 Å². The fourth-order valence-corrected chi connectivity index (χ4v) is 1.79. The molecule has 2 rings (SSSR count). The number of pyridine rings is 1. The van der Waals surface area contributed by atoms with Gasteiger partial charge in [-0.3, -0.25) is 4.79 Å². The predicted molar refractivity (Wildman–Crippen MR) is 79.2 cm³/mol. The van der Waals surface area contributed by atoms with Gasteiger partial charge >= 0.3 is 0 Å². The fraction of sp³-hybridized carbons (Fsp3) is 0.143. The molecule has 0 radical (unpaired) electrons. The first kappa shape index (κ1) is 15.1. The highest BCUT2D eigenvalue weighted by Gasteiger charge is 2.11. The molecule has 0 aliphatic rings. The summed E-state index contributed by atoms with van der Waals surface area (Å²) in [6.45, 7) is 2.12. The summed E-state index contributed by atoms with van der Waals surface area (Å²) in [5.41, 5.74) is 5.99. The van der Waals surface area contributed by atoms with E-state index in [0.29, 0.717) is 12.3 Å². The van der Waals surface area contributed by atoms with Crippen molar-refractivity contribution < 1.29 is 13.9 Å². The molecule has 5 nitrogen and oxygen atoms in total. The predicted octanol–water partition coefficient (Wildman–Crippen LogP) is 3.11. The van der Waals surface area contributed by atoms with Crippen molar-refractivity contribution in [3.63, 3.8) is 0 Å². The molecular formula is C14H13ClFN3O2. The minimum Gasteiger partial charge on any atom is -0.491 e. The second kappa shape index (κ2) is 6.41. The van der Waals surface area contributed by atoms with Crippen molar-refractivity contribution in [1.29, 1.82) is 0 Å². The molecule has 3 N–H and O–H groups in total. The van der Waals surface area contributed by atoms with Gasteiger partial charge < -0.3 is 15.8 Å². The lowest BCUT2D eigenvalue weighted by atomic mass is 10.2. The highest BCUT2D eigenvalue weighted by molar-refractivity contribution is 6.33. The molecule has 0 unspecified atom stereocenters. The molecule has 0 aliphatic carbocycles. The van der Waals surface area contributed by atoms with Gasteiger partial charge in [-0.2, -0.15) is 0 Å². The zero-order valence-corrected chi connectivity index (χ0v) is 11.9. The normalized spacial score (nSPS) is 10.2. The minimum absolute atomic E-state index is 0.132. The molecule has 0 saturated carbocycles. The maximum Gasteiger partial charge on any atom is 0.257 e. The highest BCUT2D eigenvalue weighted by atomic mass is 35.5. The Morgan fingerprint density at radius 3 is 2.86 bits per heavy atom. The summed E-state index contributed by atoms with van der Waals surface area (Å²) < 4.78 is 18.8. The van der Waals surface area contributed by atoms with Gasteiger partial charge in [0.15, 0.2) is 11.6 Å². The second-order valence-corrected chi connectivity index (χ2v) is 4.53. The quantitative estimate of drug-likeness (QED) is 0.909. The van der Waals surface area contributed by atoms with Gasteiger partial charge in [0.1, 0.15) is 5.82 Å². The Bertz CT molecular complexity index is 679. The largest absolute Gasteiger partial charge is 0.491 e. The minimum atomic E-state index is -0.553. The van der Waals surface area contributed by atoms with Gasteiger partial charge in [-0.05, 0) is 25.1 Å². The number of nitrogen functional groups attached to an aromatic ring is 1. The summed E-state index contributed by atoms with van der Waals surface area (Å²) in [7, 11) is 0. The first-order valence-electron chi connectivity index (χ1n) is 6.16. The molecule has 7 heteroatoms. The van der Waals surface area contributed by atoms with Crippen molar-refractivity contribution in [1.82, 2.24) is 4.98 Å². The zero-order chi connectivity index (χ0) is 15.4. The van der Waals surface area contributed by atoms with Gasteiger partial charge in [-0.15, -0.1) is 0 Å². The number of aromatic nitrogens is 1. The molecule has 21 heavy (non-hydrogen) atoms. The van der Waals surface area contributed by atoms with Crippen LogP contribution in [0.5, 0.6) is 5.75 Å². The maximum atomic E-state index is 13.7. The topological polar surface area (TPSA) is 77.2 Å². The van der Waals surface area contributed by atoms with E-state index in [0.717, 1.165) is 0 Å². The molecule has 1 amide bonds. The van der Waals surface area contributed by atoms with E-state index in [1.807, 2.05) is 0 Å². The first-order valence-corrected chi connectivity index (χ1v) is 6.53. The third kappa shape index (κ3) is 3.61. The summed E-state index contributed by atoms with van der Waals surface area (Å²) in [5.74, 6) is -0.746. The van der Waals surface area contributed by atoms with Gasteiger partial charge in [0.25, 0.3) is 5.91 Å². The van der Waals surface area contributed by atoms with Crippen LogP contribution in [0, 0.1) is 5.82 Å². The van der Waals surface area contributed by atoms with Crippen LogP contribution in [0.15, 0.2) is 30.5 Å². The Labute approximate surface area is 125 Å². The van der Waals surface area contributed by atoms with E-state index in [9.17, 15) is 9.18 Å². The van der Waals surface area contributed by atoms with E-state index >= 15 is 0 Å². The van der Waals surface area contributed by atoms with Gasteiger partial charge in [-0.25, -0.2) is 9.37 Å². The molecule has 0 atom stereocenters. The molecule has 1 aromatic carbocycles. The third-order valence-electron chi connectivity index (χ3n) is 2.62. The number of carbonyl (C=O) groups excluding carboxylic acids is 1. The number of nitrogens with one attached hydrogen (secondary N) is 1. The van der Waals surface area contributed by atoms with Crippen molar-refractivity contribution in [2.24, 2.45) is 0 Å². The Hall–Kier alpha value is -2.34. The van der Waals surface area contributed by atoms with E-state index in [1.165, 1.54) is 30.5 Å². The number of nitrogens with two attached hydrogens (primary N) is 1. The van der Waals surface area contributed by atoms with Crippen LogP contribution in [0.25, 0.3) is 0 Å². The van der Waals surface area contributed by atoms with Crippen LogP contribution in [-0.2, 0) is 0 Å². The molecule has 1 heterocycles. The Morgan fingerprint density at radius 1 is 1.48 bits per heavy atom. The van der Waals surface area contributed by atoms with Gasteiger partial charge in [-0.1, -0.05) is 11.6 Å². The van der Waals surface area contributed by atoms with Gasteiger partial charge in [0.05, 0.1) is 17.2 Å². The lowest BCUT2D eigenvalue weighted by molar-refractivity contribution is 0.102. The smallest absolute Gasteiger partial charge is 0.257 e. The SMILES string of the molecule is CCOc1ccc(NC(=O)c2cnc(N)c(Cl)c2)cc1F. The summed E-state index contributed by atoms with van der Waals surface area (Å²) in [6.07, 6.45) is 1.29. The fourth-order valence-electron chi connectivity index (χ4n) is 1.63. The zero-order valence-electron chi connectivity index (χ0n) is 11.2. The average Bonchev–Trinajstić information content (AvgIpc) is 2.45. The average molecular weight is 310 g/mol. The Kier molecular flexibility index (Phi) is 4.59. The molecule has 0 saturated heterocycles. The summed E-state index contributed by atoms with van der Waals surface area (Å²) >= 11 is 5.80. The van der Waals surface area contributed by atoms with Crippen LogP contribution in [0.3, 0.4) is 0 Å². The Morgan fingerprint density at radius 2 is 2.24 bits per heavy atom. The first-order chi connectivity index (χ1) is 10.0. The standard InChI is InChI=1S/C14H13ClFN3O2/c1-2-21-12-4-3-9(6-11(12)16)19-14(20)8-5-10(15)13(17)18-7-8/h3-7H,2H2,1H3,(H2,17,18)(H,19,20). The second-order valence-electron chi connectivity index (χ2n) is 4.12. The highest BCUT2D eigenvalue weighted by Crippen LogP contribution is 2.22. The van der Waals surface area contributed by atoms with Crippen LogP contribution in [0.2, 0.25) is 5.02 Å². The lowest BCUT2D eigenvalue weighted by Gasteiger charge is -2.08. The van der Waals surface area contributed by atoms with E-state index in [1.54, 1.807) is 6.92 Å². The van der Waals surface area contributed by atoms with Crippen LogP contribution < -0.4 is 15.8 Å². The third-order valence-corrected chi connectivity index (χ3v) is 2.92. The summed E-state index contributed by atoms with van der Waals surface area (Å²) in [5, 5.41) is 2.72. The van der Waals surface area contributed by atoms with Crippen molar-refractivity contribution >= 4 is 29.0 Å². The van der Waals surface area contributed by atoms with E-state index < -0.39 is 11.7 Å². The number of benzene rings is 1. The number of rotatable bonds is 4. The molecule has 110 valence electrons. The monoisotopic (exact) mass is 309 g/mol. The van der Waals surface area contributed by atoms with Crippen LogP contribution in [-0.4, -0.2) is 17.5 Å². The summed E-state index contributed by atoms with van der Waals surface area (Å²) in [4.78, 5) is 15.8.